The normalized spacial score (nSPS) is 16.0. The Bertz CT molecular complexity index is 1090. The van der Waals surface area contributed by atoms with Gasteiger partial charge in [0.25, 0.3) is 5.91 Å². The number of primary amides is 1. The Hall–Kier alpha value is -4.09. The van der Waals surface area contributed by atoms with Crippen LogP contribution in [0, 0.1) is 0 Å². The molecule has 3 aromatic rings. The molecule has 12 nitrogen and oxygen atoms in total. The zero-order chi connectivity index (χ0) is 21.8. The van der Waals surface area contributed by atoms with Gasteiger partial charge in [-0.25, -0.2) is 0 Å². The molecule has 2 amide bonds. The quantitative estimate of drug-likeness (QED) is 0.520. The van der Waals surface area contributed by atoms with Crippen molar-refractivity contribution in [3.63, 3.8) is 0 Å². The predicted molar refractivity (Wildman–Crippen MR) is 112 cm³/mol. The second-order valence-electron chi connectivity index (χ2n) is 7.14. The summed E-state index contributed by atoms with van der Waals surface area (Å²) in [4.78, 5) is 31.2. The Morgan fingerprint density at radius 1 is 1.19 bits per heavy atom. The van der Waals surface area contributed by atoms with E-state index in [1.807, 2.05) is 12.1 Å². The highest BCUT2D eigenvalue weighted by Gasteiger charge is 2.23. The maximum absolute atomic E-state index is 11.8. The lowest BCUT2D eigenvalue weighted by molar-refractivity contribution is -0.129. The Labute approximate surface area is 177 Å². The van der Waals surface area contributed by atoms with E-state index < -0.39 is 5.91 Å². The number of benzene rings is 1. The SMILES string of the molecule is CC(=O)N1CCC[C@@H](Nc2nnc(C(N)=O)c(Nc3cccc(-n4nccn4)c3)n2)C1. The van der Waals surface area contributed by atoms with E-state index in [9.17, 15) is 9.59 Å². The van der Waals surface area contributed by atoms with Gasteiger partial charge in [-0.2, -0.15) is 20.0 Å². The molecule has 1 aliphatic rings. The van der Waals surface area contributed by atoms with Crippen LogP contribution in [0.1, 0.15) is 30.3 Å². The van der Waals surface area contributed by atoms with Crippen molar-refractivity contribution in [3.8, 4) is 5.69 Å². The first kappa shape index (κ1) is 20.2. The number of hydrogen-bond donors (Lipinski definition) is 3. The first-order valence-electron chi connectivity index (χ1n) is 9.80. The molecule has 160 valence electrons. The second-order valence-corrected chi connectivity index (χ2v) is 7.14. The highest BCUT2D eigenvalue weighted by Crippen LogP contribution is 2.21. The van der Waals surface area contributed by atoms with Crippen molar-refractivity contribution in [1.29, 1.82) is 0 Å². The van der Waals surface area contributed by atoms with Crippen LogP contribution in [-0.4, -0.2) is 66.0 Å². The summed E-state index contributed by atoms with van der Waals surface area (Å²) in [6.07, 6.45) is 4.90. The van der Waals surface area contributed by atoms with E-state index in [-0.39, 0.29) is 29.4 Å². The van der Waals surface area contributed by atoms with Gasteiger partial charge in [-0.05, 0) is 31.0 Å². The minimum absolute atomic E-state index is 0.0130. The summed E-state index contributed by atoms with van der Waals surface area (Å²) in [6.45, 7) is 2.84. The van der Waals surface area contributed by atoms with E-state index in [1.165, 1.54) is 4.80 Å². The third-order valence-corrected chi connectivity index (χ3v) is 4.88. The van der Waals surface area contributed by atoms with Gasteiger partial charge in [0.2, 0.25) is 11.9 Å². The van der Waals surface area contributed by atoms with Crippen molar-refractivity contribution in [2.45, 2.75) is 25.8 Å². The van der Waals surface area contributed by atoms with Crippen molar-refractivity contribution in [2.24, 2.45) is 5.73 Å². The third kappa shape index (κ3) is 4.74. The van der Waals surface area contributed by atoms with Crippen molar-refractivity contribution >= 4 is 29.3 Å². The molecule has 0 unspecified atom stereocenters. The van der Waals surface area contributed by atoms with Gasteiger partial charge in [0, 0.05) is 31.7 Å². The molecule has 31 heavy (non-hydrogen) atoms. The Balaban J connectivity index is 1.56. The summed E-state index contributed by atoms with van der Waals surface area (Å²) in [5, 5.41) is 22.4. The fourth-order valence-corrected chi connectivity index (χ4v) is 3.40. The number of aromatic nitrogens is 6. The Kier molecular flexibility index (Phi) is 5.69. The second kappa shape index (κ2) is 8.73. The fraction of sp³-hybridized carbons (Fsp3) is 0.316. The van der Waals surface area contributed by atoms with Gasteiger partial charge in [0.15, 0.2) is 11.5 Å². The van der Waals surface area contributed by atoms with Crippen LogP contribution in [0.25, 0.3) is 5.69 Å². The lowest BCUT2D eigenvalue weighted by Crippen LogP contribution is -2.44. The van der Waals surface area contributed by atoms with Gasteiger partial charge in [0.05, 0.1) is 18.1 Å². The molecule has 2 aromatic heterocycles. The van der Waals surface area contributed by atoms with Crippen LogP contribution in [0.4, 0.5) is 17.5 Å². The maximum Gasteiger partial charge on any atom is 0.273 e. The van der Waals surface area contributed by atoms with Gasteiger partial charge >= 0.3 is 0 Å². The molecule has 4 rings (SSSR count). The number of nitrogens with two attached hydrogens (primary N) is 1. The Morgan fingerprint density at radius 3 is 2.74 bits per heavy atom. The van der Waals surface area contributed by atoms with E-state index in [0.717, 1.165) is 25.1 Å². The summed E-state index contributed by atoms with van der Waals surface area (Å²) in [6, 6.07) is 7.25. The number of amides is 2. The fourth-order valence-electron chi connectivity index (χ4n) is 3.40. The predicted octanol–water partition coefficient (Wildman–Crippen LogP) is 0.718. The molecule has 4 N–H and O–H groups in total. The summed E-state index contributed by atoms with van der Waals surface area (Å²) >= 11 is 0. The van der Waals surface area contributed by atoms with E-state index >= 15 is 0 Å². The standard InChI is InChI=1S/C19H22N10O2/c1-12(30)28-9-3-5-14(11-28)24-19-25-18(16(17(20)31)26-27-19)23-13-4-2-6-15(10-13)29-21-7-8-22-29/h2,4,6-8,10,14H,3,5,9,11H2,1H3,(H2,20,31)(H2,23,24,25,27)/t14-/m1/s1. The first-order chi connectivity index (χ1) is 15.0. The van der Waals surface area contributed by atoms with Gasteiger partial charge < -0.3 is 21.3 Å². The molecule has 1 atom stereocenters. The minimum Gasteiger partial charge on any atom is -0.364 e. The smallest absolute Gasteiger partial charge is 0.273 e. The monoisotopic (exact) mass is 422 g/mol. The lowest BCUT2D eigenvalue weighted by atomic mass is 10.1. The van der Waals surface area contributed by atoms with Gasteiger partial charge in [-0.15, -0.1) is 10.2 Å². The van der Waals surface area contributed by atoms with Crippen molar-refractivity contribution < 1.29 is 9.59 Å². The molecule has 0 saturated carbocycles. The number of likely N-dealkylation sites (tertiary alicyclic amines) is 1. The number of nitrogens with zero attached hydrogens (tertiary/aromatic N) is 7. The van der Waals surface area contributed by atoms with Crippen LogP contribution in [0.15, 0.2) is 36.7 Å². The number of nitrogens with one attached hydrogen (secondary N) is 2. The molecule has 0 radical (unpaired) electrons. The summed E-state index contributed by atoms with van der Waals surface area (Å²) in [7, 11) is 0. The number of hydrogen-bond acceptors (Lipinski definition) is 9. The van der Waals surface area contributed by atoms with Crippen LogP contribution in [0.3, 0.4) is 0 Å². The number of rotatable bonds is 6. The molecule has 1 aromatic carbocycles. The van der Waals surface area contributed by atoms with Gasteiger partial charge in [0.1, 0.15) is 0 Å². The molecule has 1 fully saturated rings. The number of carbonyl (C=O) groups excluding carboxylic acids is 2. The number of anilines is 3. The maximum atomic E-state index is 11.8. The topological polar surface area (TPSA) is 157 Å². The van der Waals surface area contributed by atoms with Crippen molar-refractivity contribution in [2.75, 3.05) is 23.7 Å². The Morgan fingerprint density at radius 2 is 2.00 bits per heavy atom. The van der Waals surface area contributed by atoms with Gasteiger partial charge in [-0.1, -0.05) is 6.07 Å². The molecule has 0 spiro atoms. The minimum atomic E-state index is -0.751. The van der Waals surface area contributed by atoms with Crippen LogP contribution in [0.5, 0.6) is 0 Å². The first-order valence-corrected chi connectivity index (χ1v) is 9.80. The van der Waals surface area contributed by atoms with Gasteiger partial charge in [-0.3, -0.25) is 9.59 Å². The number of carbonyl (C=O) groups is 2. The lowest BCUT2D eigenvalue weighted by Gasteiger charge is -2.32. The zero-order valence-corrected chi connectivity index (χ0v) is 16.9. The summed E-state index contributed by atoms with van der Waals surface area (Å²) in [5.41, 5.74) is 6.74. The highest BCUT2D eigenvalue weighted by atomic mass is 16.2. The largest absolute Gasteiger partial charge is 0.364 e. The molecule has 1 saturated heterocycles. The van der Waals surface area contributed by atoms with Crippen LogP contribution in [0.2, 0.25) is 0 Å². The van der Waals surface area contributed by atoms with E-state index in [1.54, 1.807) is 36.4 Å². The molecular weight excluding hydrogens is 400 g/mol. The van der Waals surface area contributed by atoms with E-state index in [4.69, 9.17) is 5.73 Å². The third-order valence-electron chi connectivity index (χ3n) is 4.88. The molecule has 3 heterocycles. The van der Waals surface area contributed by atoms with E-state index in [2.05, 4.69) is 36.0 Å². The number of piperidine rings is 1. The van der Waals surface area contributed by atoms with Crippen molar-refractivity contribution in [1.82, 2.24) is 35.1 Å². The highest BCUT2D eigenvalue weighted by molar-refractivity contribution is 5.96. The molecule has 12 heteroatoms. The summed E-state index contributed by atoms with van der Waals surface area (Å²) < 4.78 is 0. The molecule has 1 aliphatic heterocycles. The average molecular weight is 422 g/mol. The van der Waals surface area contributed by atoms with Crippen LogP contribution < -0.4 is 16.4 Å². The molecular formula is C19H22N10O2. The van der Waals surface area contributed by atoms with Crippen LogP contribution in [-0.2, 0) is 4.79 Å². The molecule has 0 aliphatic carbocycles. The van der Waals surface area contributed by atoms with Crippen LogP contribution >= 0.6 is 0 Å². The van der Waals surface area contributed by atoms with E-state index in [0.29, 0.717) is 12.2 Å². The average Bonchev–Trinajstić information content (AvgIpc) is 3.29. The zero-order valence-electron chi connectivity index (χ0n) is 16.9. The van der Waals surface area contributed by atoms with Crippen molar-refractivity contribution in [3.05, 3.63) is 42.4 Å². The summed E-state index contributed by atoms with van der Waals surface area (Å²) in [5.74, 6) is -0.300. The molecule has 0 bridgehead atoms.